The molecule has 0 aromatic carbocycles. The monoisotopic (exact) mass is 268 g/mol. The van der Waals surface area contributed by atoms with Crippen molar-refractivity contribution >= 4 is 0 Å². The zero-order chi connectivity index (χ0) is 14.1. The molecule has 0 aliphatic carbocycles. The molecule has 0 saturated carbocycles. The van der Waals surface area contributed by atoms with Crippen molar-refractivity contribution in [1.29, 1.82) is 0 Å². The minimum atomic E-state index is 0.565. The van der Waals surface area contributed by atoms with Crippen LogP contribution in [0.2, 0.25) is 0 Å². The lowest BCUT2D eigenvalue weighted by molar-refractivity contribution is 0.258. The third-order valence-corrected chi connectivity index (χ3v) is 4.59. The normalized spacial score (nSPS) is 22.1. The van der Waals surface area contributed by atoms with Gasteiger partial charge in [-0.1, -0.05) is 40.0 Å². The second kappa shape index (κ2) is 8.97. The first-order chi connectivity index (χ1) is 9.03. The van der Waals surface area contributed by atoms with Crippen LogP contribution in [0.5, 0.6) is 0 Å². The van der Waals surface area contributed by atoms with E-state index in [0.717, 1.165) is 6.54 Å². The van der Waals surface area contributed by atoms with Gasteiger partial charge in [0, 0.05) is 19.1 Å². The first kappa shape index (κ1) is 17.0. The Morgan fingerprint density at radius 3 is 2.68 bits per heavy atom. The third kappa shape index (κ3) is 7.94. The van der Waals surface area contributed by atoms with Crippen LogP contribution in [0.3, 0.4) is 0 Å². The molecule has 2 heteroatoms. The second-order valence-electron chi connectivity index (χ2n) is 7.21. The highest BCUT2D eigenvalue weighted by Crippen LogP contribution is 2.29. The van der Waals surface area contributed by atoms with Crippen molar-refractivity contribution in [1.82, 2.24) is 10.2 Å². The van der Waals surface area contributed by atoms with Crippen LogP contribution in [-0.4, -0.2) is 37.1 Å². The van der Waals surface area contributed by atoms with Crippen molar-refractivity contribution < 1.29 is 0 Å². The third-order valence-electron chi connectivity index (χ3n) is 4.59. The van der Waals surface area contributed by atoms with Crippen molar-refractivity contribution in [3.05, 3.63) is 0 Å². The van der Waals surface area contributed by atoms with Crippen LogP contribution >= 0.6 is 0 Å². The van der Waals surface area contributed by atoms with Gasteiger partial charge < -0.3 is 10.2 Å². The lowest BCUT2D eigenvalue weighted by Crippen LogP contribution is -2.36. The molecule has 114 valence electrons. The molecule has 0 amide bonds. The molecule has 1 fully saturated rings. The maximum Gasteiger partial charge on any atom is 0.0107 e. The zero-order valence-corrected chi connectivity index (χ0v) is 13.8. The Morgan fingerprint density at radius 2 is 1.95 bits per heavy atom. The van der Waals surface area contributed by atoms with Crippen LogP contribution in [-0.2, 0) is 0 Å². The van der Waals surface area contributed by atoms with Gasteiger partial charge in [-0.25, -0.2) is 0 Å². The van der Waals surface area contributed by atoms with E-state index in [9.17, 15) is 0 Å². The predicted octanol–water partition coefficient (Wildman–Crippen LogP) is 4.06. The quantitative estimate of drug-likeness (QED) is 0.668. The maximum atomic E-state index is 3.69. The van der Waals surface area contributed by atoms with Gasteiger partial charge in [0.05, 0.1) is 0 Å². The van der Waals surface area contributed by atoms with Crippen molar-refractivity contribution in [3.8, 4) is 0 Å². The molecule has 0 radical (unpaired) electrons. The van der Waals surface area contributed by atoms with Gasteiger partial charge in [-0.05, 0) is 51.1 Å². The molecule has 1 saturated heterocycles. The molecule has 1 heterocycles. The van der Waals surface area contributed by atoms with Crippen molar-refractivity contribution in [2.45, 2.75) is 78.7 Å². The Labute approximate surface area is 121 Å². The number of hydrogen-bond donors (Lipinski definition) is 1. The second-order valence-corrected chi connectivity index (χ2v) is 7.21. The van der Waals surface area contributed by atoms with Gasteiger partial charge >= 0.3 is 0 Å². The van der Waals surface area contributed by atoms with E-state index in [1.165, 1.54) is 64.6 Å². The average molecular weight is 268 g/mol. The molecule has 0 aromatic heterocycles. The molecule has 1 N–H and O–H groups in total. The fourth-order valence-electron chi connectivity index (χ4n) is 2.97. The number of unbranched alkanes of at least 4 members (excludes halogenated alkanes) is 2. The summed E-state index contributed by atoms with van der Waals surface area (Å²) >= 11 is 0. The van der Waals surface area contributed by atoms with Crippen molar-refractivity contribution in [2.75, 3.05) is 26.2 Å². The van der Waals surface area contributed by atoms with E-state index in [0.29, 0.717) is 11.5 Å². The topological polar surface area (TPSA) is 15.3 Å². The van der Waals surface area contributed by atoms with Crippen LogP contribution in [0.4, 0.5) is 0 Å². The van der Waals surface area contributed by atoms with Crippen LogP contribution in [0.1, 0.15) is 72.6 Å². The first-order valence-electron chi connectivity index (χ1n) is 8.49. The van der Waals surface area contributed by atoms with Crippen LogP contribution in [0.15, 0.2) is 0 Å². The molecular formula is C17H36N2. The average Bonchev–Trinajstić information content (AvgIpc) is 2.51. The highest BCUT2D eigenvalue weighted by Gasteiger charge is 2.22. The van der Waals surface area contributed by atoms with Gasteiger partial charge in [0.2, 0.25) is 0 Å². The zero-order valence-electron chi connectivity index (χ0n) is 13.8. The summed E-state index contributed by atoms with van der Waals surface area (Å²) in [4.78, 5) is 2.65. The largest absolute Gasteiger partial charge is 0.313 e. The summed E-state index contributed by atoms with van der Waals surface area (Å²) in [7, 11) is 0. The van der Waals surface area contributed by atoms with Gasteiger partial charge in [0.1, 0.15) is 0 Å². The van der Waals surface area contributed by atoms with E-state index in [1.54, 1.807) is 0 Å². The highest BCUT2D eigenvalue weighted by atomic mass is 15.1. The fourth-order valence-corrected chi connectivity index (χ4v) is 2.97. The lowest BCUT2D eigenvalue weighted by atomic mass is 9.85. The van der Waals surface area contributed by atoms with Gasteiger partial charge in [0.15, 0.2) is 0 Å². The van der Waals surface area contributed by atoms with E-state index in [2.05, 4.69) is 37.9 Å². The summed E-state index contributed by atoms with van der Waals surface area (Å²) in [6.45, 7) is 14.4. The highest BCUT2D eigenvalue weighted by molar-refractivity contribution is 4.76. The molecule has 2 nitrogen and oxygen atoms in total. The van der Waals surface area contributed by atoms with Crippen molar-refractivity contribution in [2.24, 2.45) is 5.41 Å². The Bertz CT molecular complexity index is 225. The van der Waals surface area contributed by atoms with Crippen LogP contribution in [0.25, 0.3) is 0 Å². The summed E-state index contributed by atoms with van der Waals surface area (Å²) in [5.74, 6) is 0. The van der Waals surface area contributed by atoms with E-state index < -0.39 is 0 Å². The van der Waals surface area contributed by atoms with E-state index in [1.807, 2.05) is 0 Å². The number of hydrogen-bond acceptors (Lipinski definition) is 2. The SMILES string of the molecule is CCCCCC(C)NCCN1CCCC(C)(C)CC1. The lowest BCUT2D eigenvalue weighted by Gasteiger charge is -2.24. The number of nitrogens with zero attached hydrogens (tertiary/aromatic N) is 1. The minimum Gasteiger partial charge on any atom is -0.313 e. The molecule has 0 aromatic rings. The summed E-state index contributed by atoms with van der Waals surface area (Å²) < 4.78 is 0. The van der Waals surface area contributed by atoms with Crippen LogP contribution in [0, 0.1) is 5.41 Å². The standard InChI is InChI=1S/C17H36N2/c1-5-6-7-9-16(2)18-12-15-19-13-8-10-17(3,4)11-14-19/h16,18H,5-15H2,1-4H3. The molecule has 1 aliphatic rings. The Hall–Kier alpha value is -0.0800. The Morgan fingerprint density at radius 1 is 1.16 bits per heavy atom. The number of rotatable bonds is 8. The molecule has 0 bridgehead atoms. The molecule has 19 heavy (non-hydrogen) atoms. The van der Waals surface area contributed by atoms with E-state index in [-0.39, 0.29) is 0 Å². The fraction of sp³-hybridized carbons (Fsp3) is 1.00. The predicted molar refractivity (Wildman–Crippen MR) is 85.7 cm³/mol. The molecule has 1 aliphatic heterocycles. The maximum absolute atomic E-state index is 3.69. The van der Waals surface area contributed by atoms with Gasteiger partial charge in [-0.2, -0.15) is 0 Å². The smallest absolute Gasteiger partial charge is 0.0107 e. The van der Waals surface area contributed by atoms with Gasteiger partial charge in [-0.3, -0.25) is 0 Å². The van der Waals surface area contributed by atoms with E-state index in [4.69, 9.17) is 0 Å². The van der Waals surface area contributed by atoms with Crippen molar-refractivity contribution in [3.63, 3.8) is 0 Å². The molecule has 1 rings (SSSR count). The summed E-state index contributed by atoms with van der Waals surface area (Å²) in [5, 5.41) is 3.69. The first-order valence-corrected chi connectivity index (χ1v) is 8.49. The number of likely N-dealkylation sites (tertiary alicyclic amines) is 1. The van der Waals surface area contributed by atoms with E-state index >= 15 is 0 Å². The minimum absolute atomic E-state index is 0.565. The molecular weight excluding hydrogens is 232 g/mol. The number of nitrogens with one attached hydrogen (secondary N) is 1. The molecule has 0 spiro atoms. The summed E-state index contributed by atoms with van der Waals surface area (Å²) in [6, 6.07) is 0.690. The molecule has 1 unspecified atom stereocenters. The van der Waals surface area contributed by atoms with Gasteiger partial charge in [0.25, 0.3) is 0 Å². The Balaban J connectivity index is 2.08. The summed E-state index contributed by atoms with van der Waals surface area (Å²) in [6.07, 6.45) is 9.55. The van der Waals surface area contributed by atoms with Gasteiger partial charge in [-0.15, -0.1) is 0 Å². The summed E-state index contributed by atoms with van der Waals surface area (Å²) in [5.41, 5.74) is 0.565. The molecule has 1 atom stereocenters. The Kier molecular flexibility index (Phi) is 8.01. The van der Waals surface area contributed by atoms with Crippen LogP contribution < -0.4 is 5.32 Å².